The summed E-state index contributed by atoms with van der Waals surface area (Å²) in [4.78, 5) is 2.53. The van der Waals surface area contributed by atoms with Crippen molar-refractivity contribution in [1.82, 2.24) is 4.90 Å². The fraction of sp³-hybridized carbons (Fsp3) is 0.625. The molecule has 3 nitrogen and oxygen atoms in total. The predicted molar refractivity (Wildman–Crippen MR) is 82.2 cm³/mol. The molecule has 2 heterocycles. The molecule has 0 spiro atoms. The standard InChI is InChI=1S/C16H23ClN2O/c1-11-4-5-12(14(17)7-11)8-15(18)16-9-19-6-2-3-13(19)10-20-16/h4-5,7,13,15-16H,2-3,6,8-10,18H2,1H3. The van der Waals surface area contributed by atoms with Crippen molar-refractivity contribution in [1.29, 1.82) is 0 Å². The molecule has 0 saturated carbocycles. The first-order valence-corrected chi connectivity index (χ1v) is 7.87. The first kappa shape index (κ1) is 14.3. The molecular formula is C16H23ClN2O. The van der Waals surface area contributed by atoms with Gasteiger partial charge in [-0.1, -0.05) is 23.7 Å². The van der Waals surface area contributed by atoms with E-state index in [2.05, 4.69) is 17.0 Å². The Morgan fingerprint density at radius 1 is 1.50 bits per heavy atom. The van der Waals surface area contributed by atoms with E-state index in [1.54, 1.807) is 0 Å². The molecule has 20 heavy (non-hydrogen) atoms. The van der Waals surface area contributed by atoms with Gasteiger partial charge in [-0.05, 0) is 49.9 Å². The summed E-state index contributed by atoms with van der Waals surface area (Å²) in [6, 6.07) is 6.81. The van der Waals surface area contributed by atoms with Gasteiger partial charge in [0.2, 0.25) is 0 Å². The van der Waals surface area contributed by atoms with Gasteiger partial charge in [0, 0.05) is 23.7 Å². The monoisotopic (exact) mass is 294 g/mol. The van der Waals surface area contributed by atoms with Crippen LogP contribution in [-0.4, -0.2) is 42.8 Å². The Morgan fingerprint density at radius 3 is 3.15 bits per heavy atom. The van der Waals surface area contributed by atoms with Crippen molar-refractivity contribution in [3.63, 3.8) is 0 Å². The van der Waals surface area contributed by atoms with Crippen LogP contribution in [0, 0.1) is 6.92 Å². The van der Waals surface area contributed by atoms with Gasteiger partial charge < -0.3 is 10.5 Å². The highest BCUT2D eigenvalue weighted by Crippen LogP contribution is 2.25. The Kier molecular flexibility index (Phi) is 4.32. The molecule has 3 rings (SSSR count). The molecule has 1 aromatic carbocycles. The maximum Gasteiger partial charge on any atom is 0.0856 e. The quantitative estimate of drug-likeness (QED) is 0.930. The van der Waals surface area contributed by atoms with Gasteiger partial charge in [-0.2, -0.15) is 0 Å². The Labute approximate surface area is 126 Å². The smallest absolute Gasteiger partial charge is 0.0856 e. The average molecular weight is 295 g/mol. The molecular weight excluding hydrogens is 272 g/mol. The molecule has 0 bridgehead atoms. The summed E-state index contributed by atoms with van der Waals surface area (Å²) >= 11 is 6.29. The van der Waals surface area contributed by atoms with Crippen molar-refractivity contribution < 1.29 is 4.74 Å². The number of aryl methyl sites for hydroxylation is 1. The van der Waals surface area contributed by atoms with E-state index in [-0.39, 0.29) is 12.1 Å². The third kappa shape index (κ3) is 3.01. The molecule has 3 unspecified atom stereocenters. The third-order valence-corrected chi connectivity index (χ3v) is 4.91. The topological polar surface area (TPSA) is 38.5 Å². The summed E-state index contributed by atoms with van der Waals surface area (Å²) in [5.74, 6) is 0. The van der Waals surface area contributed by atoms with E-state index in [4.69, 9.17) is 22.1 Å². The van der Waals surface area contributed by atoms with Gasteiger partial charge in [-0.3, -0.25) is 4.90 Å². The third-order valence-electron chi connectivity index (χ3n) is 4.56. The number of hydrogen-bond donors (Lipinski definition) is 1. The number of fused-ring (bicyclic) bond motifs is 1. The molecule has 2 saturated heterocycles. The second kappa shape index (κ2) is 6.02. The minimum absolute atomic E-state index is 0.0109. The highest BCUT2D eigenvalue weighted by atomic mass is 35.5. The molecule has 4 heteroatoms. The van der Waals surface area contributed by atoms with Crippen molar-refractivity contribution >= 4 is 11.6 Å². The summed E-state index contributed by atoms with van der Waals surface area (Å²) in [7, 11) is 0. The van der Waals surface area contributed by atoms with Crippen molar-refractivity contribution in [2.75, 3.05) is 19.7 Å². The maximum absolute atomic E-state index is 6.36. The zero-order valence-corrected chi connectivity index (χ0v) is 12.8. The van der Waals surface area contributed by atoms with Crippen LogP contribution in [0.4, 0.5) is 0 Å². The van der Waals surface area contributed by atoms with Crippen molar-refractivity contribution in [2.24, 2.45) is 5.73 Å². The maximum atomic E-state index is 6.36. The highest BCUT2D eigenvalue weighted by Gasteiger charge is 2.34. The SMILES string of the molecule is Cc1ccc(CC(N)C2CN3CCCC3CO2)c(Cl)c1. The lowest BCUT2D eigenvalue weighted by molar-refractivity contribution is -0.0589. The first-order chi connectivity index (χ1) is 9.63. The van der Waals surface area contributed by atoms with E-state index in [9.17, 15) is 0 Å². The minimum atomic E-state index is 0.0109. The van der Waals surface area contributed by atoms with Crippen LogP contribution in [-0.2, 0) is 11.2 Å². The van der Waals surface area contributed by atoms with Crippen LogP contribution >= 0.6 is 11.6 Å². The first-order valence-electron chi connectivity index (χ1n) is 7.50. The Hall–Kier alpha value is -0.610. The van der Waals surface area contributed by atoms with Crippen LogP contribution in [0.5, 0.6) is 0 Å². The van der Waals surface area contributed by atoms with Crippen LogP contribution in [0.3, 0.4) is 0 Å². The molecule has 110 valence electrons. The van der Waals surface area contributed by atoms with Crippen LogP contribution < -0.4 is 5.73 Å². The Balaban J connectivity index is 1.62. The number of hydrogen-bond acceptors (Lipinski definition) is 3. The lowest BCUT2D eigenvalue weighted by atomic mass is 9.99. The van der Waals surface area contributed by atoms with E-state index < -0.39 is 0 Å². The number of morpholine rings is 1. The fourth-order valence-electron chi connectivity index (χ4n) is 3.31. The van der Waals surface area contributed by atoms with Crippen molar-refractivity contribution in [2.45, 2.75) is 44.4 Å². The minimum Gasteiger partial charge on any atom is -0.374 e. The van der Waals surface area contributed by atoms with E-state index in [0.717, 1.165) is 30.2 Å². The molecule has 2 aliphatic heterocycles. The second-order valence-corrected chi connectivity index (χ2v) is 6.53. The normalized spacial score (nSPS) is 28.4. The van der Waals surface area contributed by atoms with Crippen molar-refractivity contribution in [3.05, 3.63) is 34.3 Å². The lowest BCUT2D eigenvalue weighted by Crippen LogP contribution is -2.53. The molecule has 0 aromatic heterocycles. The van der Waals surface area contributed by atoms with Gasteiger partial charge in [0.15, 0.2) is 0 Å². The van der Waals surface area contributed by atoms with Gasteiger partial charge >= 0.3 is 0 Å². The zero-order valence-electron chi connectivity index (χ0n) is 12.0. The van der Waals surface area contributed by atoms with Gasteiger partial charge in [-0.15, -0.1) is 0 Å². The summed E-state index contributed by atoms with van der Waals surface area (Å²) in [5.41, 5.74) is 8.66. The van der Waals surface area contributed by atoms with Gasteiger partial charge in [0.05, 0.1) is 12.7 Å². The molecule has 0 aliphatic carbocycles. The molecule has 2 fully saturated rings. The van der Waals surface area contributed by atoms with E-state index in [1.807, 2.05) is 13.0 Å². The van der Waals surface area contributed by atoms with Crippen LogP contribution in [0.15, 0.2) is 18.2 Å². The number of halogens is 1. The highest BCUT2D eigenvalue weighted by molar-refractivity contribution is 6.31. The molecule has 1 aromatic rings. The van der Waals surface area contributed by atoms with Crippen LogP contribution in [0.1, 0.15) is 24.0 Å². The number of benzene rings is 1. The summed E-state index contributed by atoms with van der Waals surface area (Å²) in [5, 5.41) is 0.815. The fourth-order valence-corrected chi connectivity index (χ4v) is 3.62. The number of nitrogens with zero attached hydrogens (tertiary/aromatic N) is 1. The van der Waals surface area contributed by atoms with Gasteiger partial charge in [0.25, 0.3) is 0 Å². The summed E-state index contributed by atoms with van der Waals surface area (Å²) < 4.78 is 5.98. The molecule has 2 aliphatic rings. The molecule has 0 amide bonds. The largest absolute Gasteiger partial charge is 0.374 e. The zero-order chi connectivity index (χ0) is 14.1. The van der Waals surface area contributed by atoms with E-state index in [1.165, 1.54) is 24.9 Å². The average Bonchev–Trinajstić information content (AvgIpc) is 2.89. The Morgan fingerprint density at radius 2 is 2.35 bits per heavy atom. The lowest BCUT2D eigenvalue weighted by Gasteiger charge is -2.37. The summed E-state index contributed by atoms with van der Waals surface area (Å²) in [6.07, 6.45) is 3.47. The van der Waals surface area contributed by atoms with Crippen LogP contribution in [0.25, 0.3) is 0 Å². The van der Waals surface area contributed by atoms with Crippen molar-refractivity contribution in [3.8, 4) is 0 Å². The second-order valence-electron chi connectivity index (χ2n) is 6.13. The van der Waals surface area contributed by atoms with Crippen LogP contribution in [0.2, 0.25) is 5.02 Å². The van der Waals surface area contributed by atoms with E-state index in [0.29, 0.717) is 6.04 Å². The Bertz CT molecular complexity index is 480. The van der Waals surface area contributed by atoms with Gasteiger partial charge in [0.1, 0.15) is 0 Å². The van der Waals surface area contributed by atoms with E-state index >= 15 is 0 Å². The molecule has 2 N–H and O–H groups in total. The number of ether oxygens (including phenoxy) is 1. The number of rotatable bonds is 3. The number of nitrogens with two attached hydrogens (primary N) is 1. The van der Waals surface area contributed by atoms with Gasteiger partial charge in [-0.25, -0.2) is 0 Å². The summed E-state index contributed by atoms with van der Waals surface area (Å²) in [6.45, 7) is 5.05. The molecule has 3 atom stereocenters. The molecule has 0 radical (unpaired) electrons. The predicted octanol–water partition coefficient (Wildman–Crippen LogP) is 2.38.